The molecule has 1 aliphatic carbocycles. The molecular formula is C20H30N2O4S. The predicted molar refractivity (Wildman–Crippen MR) is 106 cm³/mol. The minimum atomic E-state index is -3.35. The number of benzene rings is 1. The second kappa shape index (κ2) is 7.80. The molecule has 1 amide bonds. The van der Waals surface area contributed by atoms with Gasteiger partial charge in [0.15, 0.2) is 0 Å². The van der Waals surface area contributed by atoms with Crippen LogP contribution in [0.4, 0.5) is 5.69 Å². The molecule has 0 radical (unpaired) electrons. The van der Waals surface area contributed by atoms with Gasteiger partial charge >= 0.3 is 0 Å². The van der Waals surface area contributed by atoms with Crippen LogP contribution >= 0.6 is 0 Å². The maximum atomic E-state index is 12.9. The predicted octanol–water partition coefficient (Wildman–Crippen LogP) is 3.25. The Kier molecular flexibility index (Phi) is 5.82. The van der Waals surface area contributed by atoms with Crippen molar-refractivity contribution in [1.29, 1.82) is 0 Å². The third kappa shape index (κ3) is 4.29. The molecule has 1 aromatic carbocycles. The Hall–Kier alpha value is -1.60. The Bertz CT molecular complexity index is 774. The van der Waals surface area contributed by atoms with Crippen molar-refractivity contribution < 1.29 is 17.9 Å². The summed E-state index contributed by atoms with van der Waals surface area (Å²) in [6.45, 7) is 7.88. The molecule has 3 fully saturated rings. The van der Waals surface area contributed by atoms with Crippen molar-refractivity contribution in [2.75, 3.05) is 11.9 Å². The average Bonchev–Trinajstić information content (AvgIpc) is 2.63. The second-order valence-corrected chi connectivity index (χ2v) is 10.6. The van der Waals surface area contributed by atoms with Gasteiger partial charge in [-0.1, -0.05) is 0 Å². The van der Waals surface area contributed by atoms with Crippen LogP contribution in [0.5, 0.6) is 5.75 Å². The van der Waals surface area contributed by atoms with Crippen molar-refractivity contribution in [3.05, 3.63) is 24.3 Å². The summed E-state index contributed by atoms with van der Waals surface area (Å²) in [5, 5.41) is 2.50. The monoisotopic (exact) mass is 394 g/mol. The van der Waals surface area contributed by atoms with Gasteiger partial charge < -0.3 is 10.1 Å². The molecule has 1 saturated carbocycles. The molecule has 2 bridgehead atoms. The molecule has 2 heterocycles. The summed E-state index contributed by atoms with van der Waals surface area (Å²) in [4.78, 5) is 12.9. The number of ether oxygens (including phenoxy) is 1. The van der Waals surface area contributed by atoms with E-state index >= 15 is 0 Å². The van der Waals surface area contributed by atoms with E-state index in [-0.39, 0.29) is 29.9 Å². The first-order valence-electron chi connectivity index (χ1n) is 9.76. The molecule has 2 saturated heterocycles. The number of piperidine rings is 2. The zero-order valence-corrected chi connectivity index (χ0v) is 17.3. The molecule has 2 aliphatic heterocycles. The average molecular weight is 395 g/mol. The number of nitrogens with zero attached hydrogens (tertiary/aromatic N) is 1. The Labute approximate surface area is 162 Å². The van der Waals surface area contributed by atoms with Crippen molar-refractivity contribution in [2.45, 2.75) is 64.4 Å². The highest BCUT2D eigenvalue weighted by molar-refractivity contribution is 7.89. The Morgan fingerprint density at radius 1 is 1.15 bits per heavy atom. The highest BCUT2D eigenvalue weighted by Crippen LogP contribution is 2.41. The number of anilines is 1. The number of rotatable bonds is 6. The first kappa shape index (κ1) is 20.1. The van der Waals surface area contributed by atoms with Crippen LogP contribution in [0.2, 0.25) is 0 Å². The molecule has 4 rings (SSSR count). The maximum absolute atomic E-state index is 12.9. The van der Waals surface area contributed by atoms with Crippen LogP contribution in [0.3, 0.4) is 0 Å². The van der Waals surface area contributed by atoms with Crippen LogP contribution in [0.25, 0.3) is 0 Å². The normalized spacial score (nSPS) is 25.8. The third-order valence-corrected chi connectivity index (χ3v) is 7.75. The van der Waals surface area contributed by atoms with Crippen LogP contribution in [-0.2, 0) is 14.8 Å². The number of hydrogen-bond donors (Lipinski definition) is 1. The lowest BCUT2D eigenvalue weighted by molar-refractivity contribution is -0.125. The van der Waals surface area contributed by atoms with E-state index in [1.807, 2.05) is 38.1 Å². The van der Waals surface area contributed by atoms with Gasteiger partial charge in [-0.2, -0.15) is 4.31 Å². The smallest absolute Gasteiger partial charge is 0.229 e. The van der Waals surface area contributed by atoms with Crippen LogP contribution in [-0.4, -0.2) is 42.6 Å². The molecule has 1 N–H and O–H groups in total. The van der Waals surface area contributed by atoms with Gasteiger partial charge in [-0.15, -0.1) is 0 Å². The molecule has 7 heteroatoms. The van der Waals surface area contributed by atoms with Crippen LogP contribution < -0.4 is 10.1 Å². The largest absolute Gasteiger partial charge is 0.491 e. The summed E-state index contributed by atoms with van der Waals surface area (Å²) < 4.78 is 32.6. The lowest BCUT2D eigenvalue weighted by Crippen LogP contribution is -2.59. The van der Waals surface area contributed by atoms with Crippen LogP contribution in [0, 0.1) is 11.8 Å². The summed E-state index contributed by atoms with van der Waals surface area (Å²) in [6.07, 6.45) is 2.61. The first-order chi connectivity index (χ1) is 12.7. The van der Waals surface area contributed by atoms with E-state index in [1.165, 1.54) is 0 Å². The Morgan fingerprint density at radius 3 is 2.37 bits per heavy atom. The summed E-state index contributed by atoms with van der Waals surface area (Å²) in [6, 6.07) is 7.07. The number of sulfonamides is 1. The molecule has 27 heavy (non-hydrogen) atoms. The number of carbonyl (C=O) groups is 1. The van der Waals surface area contributed by atoms with Gasteiger partial charge in [0.2, 0.25) is 15.9 Å². The molecule has 6 nitrogen and oxygen atoms in total. The standard InChI is InChI=1S/C20H30N2O4S/c1-13(2)26-17-8-6-16(7-9-17)21-20(23)18-11-15-5-10-19(18)22(12-15)27(24,25)14(3)4/h6-9,13-15,18-19H,5,10-12H2,1-4H3,(H,21,23)/t15-,18+,19+/m0/s1. The topological polar surface area (TPSA) is 75.7 Å². The van der Waals surface area contributed by atoms with Gasteiger partial charge in [-0.3, -0.25) is 4.79 Å². The van der Waals surface area contributed by atoms with E-state index in [0.29, 0.717) is 12.2 Å². The fourth-order valence-electron chi connectivity index (χ4n) is 4.11. The van der Waals surface area contributed by atoms with Crippen LogP contribution in [0.1, 0.15) is 47.0 Å². The fourth-order valence-corrected chi connectivity index (χ4v) is 5.70. The van der Waals surface area contributed by atoms with Crippen molar-refractivity contribution in [1.82, 2.24) is 4.31 Å². The number of nitrogens with one attached hydrogen (secondary N) is 1. The third-order valence-electron chi connectivity index (χ3n) is 5.48. The van der Waals surface area contributed by atoms with Gasteiger partial charge in [-0.25, -0.2) is 8.42 Å². The number of carbonyl (C=O) groups excluding carboxylic acids is 1. The van der Waals surface area contributed by atoms with E-state index < -0.39 is 15.3 Å². The van der Waals surface area contributed by atoms with Crippen molar-refractivity contribution in [3.63, 3.8) is 0 Å². The number of hydrogen-bond acceptors (Lipinski definition) is 4. The highest BCUT2D eigenvalue weighted by Gasteiger charge is 2.48. The molecule has 0 spiro atoms. The molecular weight excluding hydrogens is 364 g/mol. The quantitative estimate of drug-likeness (QED) is 0.804. The lowest BCUT2D eigenvalue weighted by atomic mass is 9.73. The van der Waals surface area contributed by atoms with E-state index in [2.05, 4.69) is 5.32 Å². The van der Waals surface area contributed by atoms with E-state index in [9.17, 15) is 13.2 Å². The minimum absolute atomic E-state index is 0.0918. The summed E-state index contributed by atoms with van der Waals surface area (Å²) in [5.74, 6) is 0.638. The zero-order chi connectivity index (χ0) is 19.8. The van der Waals surface area contributed by atoms with E-state index in [1.54, 1.807) is 18.2 Å². The molecule has 0 aromatic heterocycles. The van der Waals surface area contributed by atoms with Gasteiger partial charge in [0.05, 0.1) is 17.3 Å². The lowest BCUT2D eigenvalue weighted by Gasteiger charge is -2.48. The number of fused-ring (bicyclic) bond motifs is 3. The minimum Gasteiger partial charge on any atom is -0.491 e. The van der Waals surface area contributed by atoms with Gasteiger partial charge in [0.25, 0.3) is 0 Å². The number of amides is 1. The van der Waals surface area contributed by atoms with E-state index in [4.69, 9.17) is 4.74 Å². The van der Waals surface area contributed by atoms with Gasteiger partial charge in [0, 0.05) is 18.3 Å². The van der Waals surface area contributed by atoms with Gasteiger partial charge in [-0.05, 0) is 77.1 Å². The molecule has 150 valence electrons. The molecule has 1 aromatic rings. The van der Waals surface area contributed by atoms with Crippen LogP contribution in [0.15, 0.2) is 24.3 Å². The molecule has 3 atom stereocenters. The first-order valence-corrected chi connectivity index (χ1v) is 11.3. The zero-order valence-electron chi connectivity index (χ0n) is 16.5. The van der Waals surface area contributed by atoms with Crippen molar-refractivity contribution >= 4 is 21.6 Å². The van der Waals surface area contributed by atoms with Crippen molar-refractivity contribution in [2.24, 2.45) is 11.8 Å². The summed E-state index contributed by atoms with van der Waals surface area (Å²) in [5.41, 5.74) is 0.704. The Morgan fingerprint density at radius 2 is 1.81 bits per heavy atom. The molecule has 3 aliphatic rings. The molecule has 0 unspecified atom stereocenters. The van der Waals surface area contributed by atoms with E-state index in [0.717, 1.165) is 25.0 Å². The van der Waals surface area contributed by atoms with Gasteiger partial charge in [0.1, 0.15) is 5.75 Å². The fraction of sp³-hybridized carbons (Fsp3) is 0.650. The Balaban J connectivity index is 1.71. The maximum Gasteiger partial charge on any atom is 0.229 e. The van der Waals surface area contributed by atoms with Crippen molar-refractivity contribution in [3.8, 4) is 5.75 Å². The summed E-state index contributed by atoms with van der Waals surface area (Å²) >= 11 is 0. The second-order valence-electron chi connectivity index (χ2n) is 8.20. The summed E-state index contributed by atoms with van der Waals surface area (Å²) in [7, 11) is -3.35. The SMILES string of the molecule is CC(C)Oc1ccc(NC(=O)[C@@H]2C[C@@H]3CC[C@H]2N(S(=O)(=O)C(C)C)C3)cc1. The highest BCUT2D eigenvalue weighted by atomic mass is 32.2.